The van der Waals surface area contributed by atoms with Crippen LogP contribution in [0.15, 0.2) is 79.4 Å². The average molecular weight is 467 g/mol. The number of anilines is 1. The van der Waals surface area contributed by atoms with Crippen molar-refractivity contribution in [2.75, 3.05) is 12.4 Å². The number of methoxy groups -OCH3 is 1. The van der Waals surface area contributed by atoms with Gasteiger partial charge in [-0.05, 0) is 24.6 Å². The van der Waals surface area contributed by atoms with Gasteiger partial charge < -0.3 is 10.1 Å². The standard InChI is InChI=1S/C26H22N6O3/c1-17-7-9-18(10-8-17)23-11-12-27-24-22(14-29-32(23)24)25(33)30-20-13-28-31(16-20)15-19-5-3-4-6-21(19)26(34)35-2/h3-14,16H,15H2,1-2H3,(H,30,33). The van der Waals surface area contributed by atoms with Gasteiger partial charge in [-0.2, -0.15) is 10.2 Å². The Labute approximate surface area is 201 Å². The summed E-state index contributed by atoms with van der Waals surface area (Å²) in [6.07, 6.45) is 6.42. The number of hydrogen-bond donors (Lipinski definition) is 1. The maximum Gasteiger partial charge on any atom is 0.338 e. The van der Waals surface area contributed by atoms with Crippen LogP contribution in [0.25, 0.3) is 16.9 Å². The van der Waals surface area contributed by atoms with Crippen molar-refractivity contribution >= 4 is 23.2 Å². The highest BCUT2D eigenvalue weighted by Crippen LogP contribution is 2.22. The van der Waals surface area contributed by atoms with Crippen molar-refractivity contribution in [3.05, 3.63) is 102 Å². The third kappa shape index (κ3) is 4.39. The number of rotatable bonds is 6. The molecule has 0 spiro atoms. The molecule has 5 rings (SSSR count). The van der Waals surface area contributed by atoms with Crippen LogP contribution in [0.4, 0.5) is 5.69 Å². The molecule has 3 aromatic heterocycles. The minimum absolute atomic E-state index is 0.344. The molecule has 0 radical (unpaired) electrons. The Morgan fingerprint density at radius 2 is 1.77 bits per heavy atom. The van der Waals surface area contributed by atoms with Crippen LogP contribution >= 0.6 is 0 Å². The first-order chi connectivity index (χ1) is 17.0. The third-order valence-electron chi connectivity index (χ3n) is 5.64. The van der Waals surface area contributed by atoms with Crippen LogP contribution in [-0.2, 0) is 11.3 Å². The monoisotopic (exact) mass is 466 g/mol. The summed E-state index contributed by atoms with van der Waals surface area (Å²) in [5, 5.41) is 11.6. The van der Waals surface area contributed by atoms with E-state index >= 15 is 0 Å². The van der Waals surface area contributed by atoms with E-state index in [0.717, 1.165) is 22.4 Å². The molecule has 0 bridgehead atoms. The number of amides is 1. The summed E-state index contributed by atoms with van der Waals surface area (Å²) in [7, 11) is 1.35. The number of ether oxygens (including phenoxy) is 1. The van der Waals surface area contributed by atoms with Crippen LogP contribution in [0.2, 0.25) is 0 Å². The number of carbonyl (C=O) groups excluding carboxylic acids is 2. The lowest BCUT2D eigenvalue weighted by atomic mass is 10.1. The molecule has 1 amide bonds. The fourth-order valence-corrected chi connectivity index (χ4v) is 3.85. The number of aryl methyl sites for hydroxylation is 1. The lowest BCUT2D eigenvalue weighted by Crippen LogP contribution is -2.12. The van der Waals surface area contributed by atoms with Gasteiger partial charge in [-0.25, -0.2) is 14.3 Å². The molecule has 0 aliphatic carbocycles. The molecule has 0 saturated heterocycles. The topological polar surface area (TPSA) is 103 Å². The second-order valence-corrected chi connectivity index (χ2v) is 8.02. The number of aromatic nitrogens is 5. The van der Waals surface area contributed by atoms with Gasteiger partial charge in [-0.1, -0.05) is 48.0 Å². The van der Waals surface area contributed by atoms with Gasteiger partial charge in [0, 0.05) is 18.0 Å². The van der Waals surface area contributed by atoms with E-state index in [-0.39, 0.29) is 5.91 Å². The van der Waals surface area contributed by atoms with Crippen molar-refractivity contribution in [2.45, 2.75) is 13.5 Å². The average Bonchev–Trinajstić information content (AvgIpc) is 3.51. The molecular formula is C26H22N6O3. The van der Waals surface area contributed by atoms with Crippen molar-refractivity contribution < 1.29 is 14.3 Å². The van der Waals surface area contributed by atoms with E-state index in [1.807, 2.05) is 49.4 Å². The summed E-state index contributed by atoms with van der Waals surface area (Å²) in [5.41, 5.74) is 5.53. The van der Waals surface area contributed by atoms with Crippen LogP contribution in [0, 0.1) is 6.92 Å². The molecule has 3 heterocycles. The van der Waals surface area contributed by atoms with Crippen molar-refractivity contribution in [2.24, 2.45) is 0 Å². The third-order valence-corrected chi connectivity index (χ3v) is 5.64. The van der Waals surface area contributed by atoms with Crippen molar-refractivity contribution in [1.82, 2.24) is 24.4 Å². The number of nitrogens with zero attached hydrogens (tertiary/aromatic N) is 5. The Morgan fingerprint density at radius 3 is 2.57 bits per heavy atom. The van der Waals surface area contributed by atoms with Crippen LogP contribution in [0.3, 0.4) is 0 Å². The first kappa shape index (κ1) is 22.0. The van der Waals surface area contributed by atoms with E-state index in [2.05, 4.69) is 20.5 Å². The Balaban J connectivity index is 1.36. The number of nitrogens with one attached hydrogen (secondary N) is 1. The predicted molar refractivity (Wildman–Crippen MR) is 130 cm³/mol. The summed E-state index contributed by atoms with van der Waals surface area (Å²) in [6, 6.07) is 17.1. The molecule has 1 N–H and O–H groups in total. The SMILES string of the molecule is COC(=O)c1ccccc1Cn1cc(NC(=O)c2cnn3c(-c4ccc(C)cc4)ccnc23)cn1. The fraction of sp³-hybridized carbons (Fsp3) is 0.115. The zero-order valence-corrected chi connectivity index (χ0v) is 19.2. The van der Waals surface area contributed by atoms with E-state index in [0.29, 0.717) is 29.0 Å². The lowest BCUT2D eigenvalue weighted by molar-refractivity contribution is 0.0599. The van der Waals surface area contributed by atoms with Crippen molar-refractivity contribution in [3.8, 4) is 11.3 Å². The highest BCUT2D eigenvalue weighted by Gasteiger charge is 2.17. The lowest BCUT2D eigenvalue weighted by Gasteiger charge is -2.07. The Bertz CT molecular complexity index is 1530. The smallest absolute Gasteiger partial charge is 0.338 e. The molecule has 0 fully saturated rings. The Morgan fingerprint density at radius 1 is 0.971 bits per heavy atom. The summed E-state index contributed by atoms with van der Waals surface area (Å²) >= 11 is 0. The maximum absolute atomic E-state index is 13.0. The molecule has 2 aromatic carbocycles. The number of hydrogen-bond acceptors (Lipinski definition) is 6. The van der Waals surface area contributed by atoms with Crippen LogP contribution in [0.5, 0.6) is 0 Å². The van der Waals surface area contributed by atoms with Crippen LogP contribution < -0.4 is 5.32 Å². The zero-order valence-electron chi connectivity index (χ0n) is 19.2. The van der Waals surface area contributed by atoms with Gasteiger partial charge in [-0.15, -0.1) is 0 Å². The zero-order chi connectivity index (χ0) is 24.4. The van der Waals surface area contributed by atoms with Gasteiger partial charge in [0.2, 0.25) is 0 Å². The number of esters is 1. The van der Waals surface area contributed by atoms with Gasteiger partial charge >= 0.3 is 5.97 Å². The van der Waals surface area contributed by atoms with Gasteiger partial charge in [0.1, 0.15) is 5.56 Å². The summed E-state index contributed by atoms with van der Waals surface area (Å²) in [5.74, 6) is -0.755. The molecule has 0 saturated carbocycles. The fourth-order valence-electron chi connectivity index (χ4n) is 3.85. The van der Waals surface area contributed by atoms with E-state index in [1.165, 1.54) is 13.3 Å². The predicted octanol–water partition coefficient (Wildman–Crippen LogP) is 3.99. The molecule has 0 atom stereocenters. The summed E-state index contributed by atoms with van der Waals surface area (Å²) < 4.78 is 8.15. The Hall–Kier alpha value is -4.79. The first-order valence-electron chi connectivity index (χ1n) is 10.9. The van der Waals surface area contributed by atoms with Gasteiger partial charge in [0.25, 0.3) is 5.91 Å². The minimum Gasteiger partial charge on any atom is -0.465 e. The molecule has 0 unspecified atom stereocenters. The van der Waals surface area contributed by atoms with Gasteiger partial charge in [0.05, 0.1) is 43.0 Å². The molecular weight excluding hydrogens is 444 g/mol. The van der Waals surface area contributed by atoms with E-state index < -0.39 is 5.97 Å². The first-order valence-corrected chi connectivity index (χ1v) is 10.9. The van der Waals surface area contributed by atoms with Crippen LogP contribution in [0.1, 0.15) is 31.8 Å². The van der Waals surface area contributed by atoms with E-state index in [4.69, 9.17) is 4.74 Å². The molecule has 5 aromatic rings. The quantitative estimate of drug-likeness (QED) is 0.380. The highest BCUT2D eigenvalue weighted by atomic mass is 16.5. The maximum atomic E-state index is 13.0. The molecule has 9 heteroatoms. The largest absolute Gasteiger partial charge is 0.465 e. The molecule has 0 aliphatic heterocycles. The molecule has 35 heavy (non-hydrogen) atoms. The minimum atomic E-state index is -0.410. The number of fused-ring (bicyclic) bond motifs is 1. The Kier molecular flexibility index (Phi) is 5.80. The highest BCUT2D eigenvalue weighted by molar-refractivity contribution is 6.08. The number of benzene rings is 2. The second-order valence-electron chi connectivity index (χ2n) is 8.02. The second kappa shape index (κ2) is 9.22. The van der Waals surface area contributed by atoms with Crippen molar-refractivity contribution in [3.63, 3.8) is 0 Å². The summed E-state index contributed by atoms with van der Waals surface area (Å²) in [4.78, 5) is 29.4. The summed E-state index contributed by atoms with van der Waals surface area (Å²) in [6.45, 7) is 2.38. The van der Waals surface area contributed by atoms with Gasteiger partial charge in [-0.3, -0.25) is 9.48 Å². The van der Waals surface area contributed by atoms with E-state index in [9.17, 15) is 9.59 Å². The van der Waals surface area contributed by atoms with Crippen molar-refractivity contribution in [1.29, 1.82) is 0 Å². The molecule has 9 nitrogen and oxygen atoms in total. The molecule has 0 aliphatic rings. The van der Waals surface area contributed by atoms with Crippen LogP contribution in [-0.4, -0.2) is 43.4 Å². The normalized spacial score (nSPS) is 10.9. The van der Waals surface area contributed by atoms with Gasteiger partial charge in [0.15, 0.2) is 5.65 Å². The van der Waals surface area contributed by atoms with E-state index in [1.54, 1.807) is 39.9 Å². The number of carbonyl (C=O) groups is 2. The molecule has 174 valence electrons.